The van der Waals surface area contributed by atoms with E-state index in [1.807, 2.05) is 12.1 Å². The van der Waals surface area contributed by atoms with Gasteiger partial charge in [0.2, 0.25) is 0 Å². The number of hydrogen-bond donors (Lipinski definition) is 0. The summed E-state index contributed by atoms with van der Waals surface area (Å²) < 4.78 is 18.5. The summed E-state index contributed by atoms with van der Waals surface area (Å²) in [5.74, 6) is -0.240. The maximum Gasteiger partial charge on any atom is 0.123 e. The summed E-state index contributed by atoms with van der Waals surface area (Å²) in [6.45, 7) is 0. The van der Waals surface area contributed by atoms with Crippen LogP contribution in [0, 0.1) is 5.82 Å². The number of hydrogen-bond acceptors (Lipinski definition) is 1. The predicted molar refractivity (Wildman–Crippen MR) is 266 cm³/mol. The Morgan fingerprint density at radius 2 is 0.578 bits per heavy atom. The lowest BCUT2D eigenvalue weighted by atomic mass is 10.0. The zero-order valence-corrected chi connectivity index (χ0v) is 34.8. The minimum Gasteiger partial charge on any atom is -0.311 e. The Morgan fingerprint density at radius 3 is 0.984 bits per heavy atom. The van der Waals surface area contributed by atoms with E-state index in [0.29, 0.717) is 0 Å². The highest BCUT2D eigenvalue weighted by Crippen LogP contribution is 2.40. The fraction of sp³-hybridized carbons (Fsp3) is 0. The molecule has 3 nitrogen and oxygen atoms in total. The molecule has 0 N–H and O–H groups in total. The van der Waals surface area contributed by atoms with Crippen molar-refractivity contribution in [3.05, 3.63) is 248 Å². The van der Waals surface area contributed by atoms with E-state index in [-0.39, 0.29) is 5.82 Å². The Bertz CT molecular complexity index is 3430. The van der Waals surface area contributed by atoms with Crippen molar-refractivity contribution in [2.45, 2.75) is 0 Å². The van der Waals surface area contributed by atoms with Gasteiger partial charge < -0.3 is 14.0 Å². The predicted octanol–water partition coefficient (Wildman–Crippen LogP) is 16.5. The fourth-order valence-electron chi connectivity index (χ4n) is 9.51. The second kappa shape index (κ2) is 15.5. The van der Waals surface area contributed by atoms with Gasteiger partial charge in [0.25, 0.3) is 0 Å². The van der Waals surface area contributed by atoms with Crippen molar-refractivity contribution in [2.75, 3.05) is 4.90 Å². The van der Waals surface area contributed by atoms with Crippen LogP contribution >= 0.6 is 0 Å². The molecule has 12 aromatic rings. The molecule has 302 valence electrons. The van der Waals surface area contributed by atoms with Crippen molar-refractivity contribution >= 4 is 60.7 Å². The number of nitrogens with zero attached hydrogens (tertiary/aromatic N) is 3. The topological polar surface area (TPSA) is 13.1 Å². The molecule has 0 aliphatic heterocycles. The summed E-state index contributed by atoms with van der Waals surface area (Å²) in [5.41, 5.74) is 16.8. The number of halogens is 1. The highest BCUT2D eigenvalue weighted by Gasteiger charge is 2.17. The zero-order valence-electron chi connectivity index (χ0n) is 34.8. The molecule has 0 saturated carbocycles. The van der Waals surface area contributed by atoms with E-state index >= 15 is 0 Å². The third kappa shape index (κ3) is 6.43. The van der Waals surface area contributed by atoms with Gasteiger partial charge in [-0.3, -0.25) is 0 Å². The van der Waals surface area contributed by atoms with Gasteiger partial charge in [-0.1, -0.05) is 133 Å². The van der Waals surface area contributed by atoms with Crippen LogP contribution in [-0.4, -0.2) is 9.13 Å². The Morgan fingerprint density at radius 1 is 0.266 bits per heavy atom. The van der Waals surface area contributed by atoms with E-state index in [2.05, 4.69) is 232 Å². The van der Waals surface area contributed by atoms with Crippen LogP contribution in [0.1, 0.15) is 0 Å². The molecule has 0 aliphatic carbocycles. The van der Waals surface area contributed by atoms with Gasteiger partial charge in [-0.15, -0.1) is 0 Å². The van der Waals surface area contributed by atoms with Gasteiger partial charge in [0.15, 0.2) is 0 Å². The maximum atomic E-state index is 13.8. The zero-order chi connectivity index (χ0) is 42.6. The van der Waals surface area contributed by atoms with Crippen LogP contribution in [0.2, 0.25) is 0 Å². The van der Waals surface area contributed by atoms with Crippen molar-refractivity contribution in [3.8, 4) is 44.8 Å². The van der Waals surface area contributed by atoms with E-state index in [4.69, 9.17) is 0 Å². The molecule has 0 aliphatic rings. The van der Waals surface area contributed by atoms with Gasteiger partial charge in [-0.05, 0) is 143 Å². The lowest BCUT2D eigenvalue weighted by Gasteiger charge is -2.26. The van der Waals surface area contributed by atoms with Crippen LogP contribution in [0.5, 0.6) is 0 Å². The van der Waals surface area contributed by atoms with Gasteiger partial charge in [-0.2, -0.15) is 0 Å². The Balaban J connectivity index is 0.919. The number of benzene rings is 10. The molecule has 2 aromatic heterocycles. The molecule has 0 spiro atoms. The largest absolute Gasteiger partial charge is 0.311 e. The molecule has 64 heavy (non-hydrogen) atoms. The molecule has 2 heterocycles. The third-order valence-corrected chi connectivity index (χ3v) is 12.6. The van der Waals surface area contributed by atoms with Crippen molar-refractivity contribution in [1.82, 2.24) is 9.13 Å². The van der Waals surface area contributed by atoms with Gasteiger partial charge in [-0.25, -0.2) is 4.39 Å². The highest BCUT2D eigenvalue weighted by atomic mass is 19.1. The maximum absolute atomic E-state index is 13.8. The molecule has 0 radical (unpaired) electrons. The standard InChI is InChI=1S/C60H40FN3/c61-47-29-19-41(20-30-47)42-21-31-50(32-22-42)62(51-33-23-43(24-34-51)45-27-37-59-55(39-45)53-15-7-9-17-57(53)63(59)48-11-3-1-4-12-48)52-35-25-44(26-36-52)46-28-38-60-56(40-46)54-16-8-10-18-58(54)64(60)49-13-5-2-6-14-49/h1-40H. The summed E-state index contributed by atoms with van der Waals surface area (Å²) in [7, 11) is 0. The quantitative estimate of drug-likeness (QED) is 0.149. The van der Waals surface area contributed by atoms with Crippen molar-refractivity contribution in [2.24, 2.45) is 0 Å². The SMILES string of the molecule is Fc1ccc(-c2ccc(N(c3ccc(-c4ccc5c(c4)c4ccccc4n5-c4ccccc4)cc3)c3ccc(-c4ccc5c(c4)c4ccccc4n5-c4ccccc4)cc3)cc2)cc1. The monoisotopic (exact) mass is 821 g/mol. The molecule has 10 aromatic carbocycles. The summed E-state index contributed by atoms with van der Waals surface area (Å²) >= 11 is 0. The first-order valence-corrected chi connectivity index (χ1v) is 21.7. The summed E-state index contributed by atoms with van der Waals surface area (Å²) in [6.07, 6.45) is 0. The van der Waals surface area contributed by atoms with E-state index in [0.717, 1.165) is 50.7 Å². The van der Waals surface area contributed by atoms with Crippen LogP contribution in [0.25, 0.3) is 88.4 Å². The number of anilines is 3. The van der Waals surface area contributed by atoms with Crippen molar-refractivity contribution in [1.29, 1.82) is 0 Å². The lowest BCUT2D eigenvalue weighted by Crippen LogP contribution is -2.09. The summed E-state index contributed by atoms with van der Waals surface area (Å²) in [6, 6.07) is 85.0. The fourth-order valence-corrected chi connectivity index (χ4v) is 9.51. The molecular weight excluding hydrogens is 782 g/mol. The van der Waals surface area contributed by atoms with E-state index in [1.54, 1.807) is 0 Å². The minimum atomic E-state index is -0.240. The molecule has 0 atom stereocenters. The lowest BCUT2D eigenvalue weighted by molar-refractivity contribution is 0.628. The van der Waals surface area contributed by atoms with Gasteiger partial charge in [0.05, 0.1) is 22.1 Å². The second-order valence-electron chi connectivity index (χ2n) is 16.3. The Kier molecular flexibility index (Phi) is 9.01. The first-order valence-electron chi connectivity index (χ1n) is 21.7. The van der Waals surface area contributed by atoms with Crippen molar-refractivity contribution in [3.63, 3.8) is 0 Å². The van der Waals surface area contributed by atoms with E-state index in [1.165, 1.54) is 66.9 Å². The Hall–Kier alpha value is -8.47. The smallest absolute Gasteiger partial charge is 0.123 e. The molecule has 0 bridgehead atoms. The van der Waals surface area contributed by atoms with Gasteiger partial charge >= 0.3 is 0 Å². The summed E-state index contributed by atoms with van der Waals surface area (Å²) in [5, 5.41) is 4.92. The number of aromatic nitrogens is 2. The van der Waals surface area contributed by atoms with Crippen LogP contribution in [0.4, 0.5) is 21.5 Å². The van der Waals surface area contributed by atoms with Crippen LogP contribution in [0.15, 0.2) is 243 Å². The third-order valence-electron chi connectivity index (χ3n) is 12.6. The first-order chi connectivity index (χ1) is 31.6. The molecule has 0 amide bonds. The molecule has 0 fully saturated rings. The molecule has 4 heteroatoms. The molecule has 12 rings (SSSR count). The Labute approximate surface area is 370 Å². The number of para-hydroxylation sites is 4. The van der Waals surface area contributed by atoms with Gasteiger partial charge in [0, 0.05) is 50.0 Å². The van der Waals surface area contributed by atoms with E-state index < -0.39 is 0 Å². The molecule has 0 unspecified atom stereocenters. The van der Waals surface area contributed by atoms with Crippen LogP contribution in [-0.2, 0) is 0 Å². The molecular formula is C60H40FN3. The second-order valence-corrected chi connectivity index (χ2v) is 16.3. The minimum absolute atomic E-state index is 0.240. The highest BCUT2D eigenvalue weighted by molar-refractivity contribution is 6.11. The number of rotatable bonds is 8. The van der Waals surface area contributed by atoms with Crippen LogP contribution in [0.3, 0.4) is 0 Å². The normalized spacial score (nSPS) is 11.5. The summed E-state index contributed by atoms with van der Waals surface area (Å²) in [4.78, 5) is 2.30. The first kappa shape index (κ1) is 37.3. The number of fused-ring (bicyclic) bond motifs is 6. The molecule has 0 saturated heterocycles. The average Bonchev–Trinajstić information content (AvgIpc) is 3.88. The van der Waals surface area contributed by atoms with Crippen molar-refractivity contribution < 1.29 is 4.39 Å². The van der Waals surface area contributed by atoms with Gasteiger partial charge in [0.1, 0.15) is 5.82 Å². The van der Waals surface area contributed by atoms with E-state index in [9.17, 15) is 4.39 Å². The average molecular weight is 822 g/mol. The van der Waals surface area contributed by atoms with Crippen LogP contribution < -0.4 is 4.90 Å².